The lowest BCUT2D eigenvalue weighted by Crippen LogP contribution is -2.89. The third-order valence-corrected chi connectivity index (χ3v) is 5.89. The number of nitrogens with two attached hydrogens (primary N) is 1. The van der Waals surface area contributed by atoms with Crippen LogP contribution in [0.5, 0.6) is 0 Å². The topological polar surface area (TPSA) is 60.5 Å². The molecule has 0 saturated carbocycles. The Balaban J connectivity index is 1.58. The Morgan fingerprint density at radius 1 is 1.08 bits per heavy atom. The van der Waals surface area contributed by atoms with Gasteiger partial charge in [0.05, 0.1) is 19.8 Å². The Hall–Kier alpha value is -2.08. The zero-order chi connectivity index (χ0) is 17.3. The van der Waals surface area contributed by atoms with E-state index >= 15 is 0 Å². The molecule has 3 aliphatic rings. The largest absolute Gasteiger partial charge is 0.346 e. The van der Waals surface area contributed by atoms with Gasteiger partial charge in [-0.05, 0) is 25.0 Å². The number of rotatable bonds is 3. The first-order chi connectivity index (χ1) is 12.2. The number of amides is 2. The third-order valence-electron chi connectivity index (χ3n) is 5.89. The second kappa shape index (κ2) is 6.67. The fourth-order valence-electron chi connectivity index (χ4n) is 4.50. The molecule has 0 radical (unpaired) electrons. The minimum atomic E-state index is -0.471. The van der Waals surface area contributed by atoms with E-state index in [1.54, 1.807) is 4.90 Å². The molecule has 3 heterocycles. The Bertz CT molecular complexity index is 636. The van der Waals surface area contributed by atoms with Crippen LogP contribution in [0.3, 0.4) is 0 Å². The average molecular weight is 343 g/mol. The fourth-order valence-corrected chi connectivity index (χ4v) is 4.50. The van der Waals surface area contributed by atoms with E-state index in [4.69, 9.17) is 0 Å². The van der Waals surface area contributed by atoms with Crippen LogP contribution in [0.25, 0.3) is 0 Å². The third kappa shape index (κ3) is 2.88. The van der Waals surface area contributed by atoms with E-state index in [0.717, 1.165) is 57.5 Å². The lowest BCUT2D eigenvalue weighted by atomic mass is 9.86. The summed E-state index contributed by atoms with van der Waals surface area (Å²) in [7, 11) is 0. The second-order valence-corrected chi connectivity index (χ2v) is 7.39. The Kier molecular flexibility index (Phi) is 4.37. The van der Waals surface area contributed by atoms with Gasteiger partial charge < -0.3 is 20.0 Å². The van der Waals surface area contributed by atoms with Crippen molar-refractivity contribution in [3.63, 3.8) is 0 Å². The van der Waals surface area contributed by atoms with Crippen LogP contribution in [0.4, 0.5) is 5.69 Å². The maximum absolute atomic E-state index is 13.3. The van der Waals surface area contributed by atoms with Gasteiger partial charge in [-0.25, -0.2) is 0 Å². The number of carbonyl (C=O) groups is 2. The minimum absolute atomic E-state index is 0.0956. The van der Waals surface area contributed by atoms with Gasteiger partial charge in [0.1, 0.15) is 12.1 Å². The molecule has 6 nitrogen and oxygen atoms in total. The summed E-state index contributed by atoms with van der Waals surface area (Å²) in [5.41, 5.74) is 0.607. The van der Waals surface area contributed by atoms with Crippen LogP contribution >= 0.6 is 0 Å². The molecule has 0 atom stereocenters. The number of carbonyl (C=O) groups excluding carboxylic acids is 2. The average Bonchev–Trinajstić information content (AvgIpc) is 3.27. The number of hydrogen-bond acceptors (Lipinski definition) is 3. The number of benzene rings is 1. The van der Waals surface area contributed by atoms with E-state index in [0.29, 0.717) is 6.67 Å². The zero-order valence-corrected chi connectivity index (χ0v) is 14.7. The minimum Gasteiger partial charge on any atom is -0.346 e. The molecule has 2 amide bonds. The lowest BCUT2D eigenvalue weighted by molar-refractivity contribution is -0.664. The van der Waals surface area contributed by atoms with Crippen LogP contribution in [0.2, 0.25) is 0 Å². The Labute approximate surface area is 148 Å². The van der Waals surface area contributed by atoms with Gasteiger partial charge in [0, 0.05) is 31.6 Å². The highest BCUT2D eigenvalue weighted by Gasteiger charge is 2.54. The molecule has 2 N–H and O–H groups in total. The second-order valence-electron chi connectivity index (χ2n) is 7.39. The summed E-state index contributed by atoms with van der Waals surface area (Å²) < 4.78 is 0. The van der Waals surface area contributed by atoms with E-state index in [-0.39, 0.29) is 18.4 Å². The summed E-state index contributed by atoms with van der Waals surface area (Å²) in [4.78, 5) is 31.8. The van der Waals surface area contributed by atoms with Gasteiger partial charge in [0.2, 0.25) is 5.91 Å². The molecular weight excluding hydrogens is 316 g/mol. The van der Waals surface area contributed by atoms with Crippen LogP contribution in [0.1, 0.15) is 25.7 Å². The van der Waals surface area contributed by atoms with Gasteiger partial charge >= 0.3 is 0 Å². The molecule has 6 heteroatoms. The molecule has 3 saturated heterocycles. The highest BCUT2D eigenvalue weighted by atomic mass is 16.2. The molecular formula is C19H27N4O2+. The standard InChI is InChI=1S/C19H26N4O2/c24-17(21-12-4-5-13-21)14-22-15-23(16-6-2-1-3-7-16)19(18(22)25)8-10-20-11-9-19/h1-3,6-7,20H,4-5,8-15H2/p+1. The maximum Gasteiger partial charge on any atom is 0.250 e. The normalized spacial score (nSPS) is 22.9. The SMILES string of the molecule is O=C(CN1CN(c2ccccc2)C2(CC[NH2+]CC2)C1=O)N1CCCC1. The molecule has 4 rings (SSSR count). The van der Waals surface area contributed by atoms with E-state index < -0.39 is 5.54 Å². The quantitative estimate of drug-likeness (QED) is 0.841. The summed E-state index contributed by atoms with van der Waals surface area (Å²) in [6.45, 7) is 4.33. The van der Waals surface area contributed by atoms with E-state index in [1.807, 2.05) is 23.1 Å². The molecule has 0 aromatic heterocycles. The van der Waals surface area contributed by atoms with E-state index in [9.17, 15) is 9.59 Å². The Morgan fingerprint density at radius 2 is 1.76 bits per heavy atom. The van der Waals surface area contributed by atoms with Crippen molar-refractivity contribution >= 4 is 17.5 Å². The smallest absolute Gasteiger partial charge is 0.250 e. The van der Waals surface area contributed by atoms with Crippen LogP contribution < -0.4 is 10.2 Å². The van der Waals surface area contributed by atoms with E-state index in [2.05, 4.69) is 22.3 Å². The van der Waals surface area contributed by atoms with Crippen molar-refractivity contribution in [3.8, 4) is 0 Å². The van der Waals surface area contributed by atoms with Gasteiger partial charge in [0.25, 0.3) is 5.91 Å². The number of quaternary nitrogens is 1. The van der Waals surface area contributed by atoms with Crippen molar-refractivity contribution in [2.45, 2.75) is 31.2 Å². The molecule has 3 fully saturated rings. The molecule has 0 aliphatic carbocycles. The van der Waals surface area contributed by atoms with E-state index in [1.165, 1.54) is 0 Å². The lowest BCUT2D eigenvalue weighted by Gasteiger charge is -2.38. The first kappa shape index (κ1) is 16.4. The first-order valence-corrected chi connectivity index (χ1v) is 9.42. The van der Waals surface area contributed by atoms with Gasteiger partial charge in [-0.15, -0.1) is 0 Å². The van der Waals surface area contributed by atoms with Crippen molar-refractivity contribution < 1.29 is 14.9 Å². The number of piperidine rings is 1. The molecule has 1 spiro atoms. The van der Waals surface area contributed by atoms with Crippen LogP contribution in [0, 0.1) is 0 Å². The molecule has 134 valence electrons. The van der Waals surface area contributed by atoms with Gasteiger partial charge in [-0.2, -0.15) is 0 Å². The summed E-state index contributed by atoms with van der Waals surface area (Å²) in [5, 5.41) is 2.28. The molecule has 1 aromatic rings. The zero-order valence-electron chi connectivity index (χ0n) is 14.7. The molecule has 25 heavy (non-hydrogen) atoms. The highest BCUT2D eigenvalue weighted by molar-refractivity contribution is 5.96. The summed E-state index contributed by atoms with van der Waals surface area (Å²) in [5.74, 6) is 0.232. The number of nitrogens with zero attached hydrogens (tertiary/aromatic N) is 3. The Morgan fingerprint density at radius 3 is 2.44 bits per heavy atom. The molecule has 0 bridgehead atoms. The molecule has 0 unspecified atom stereocenters. The maximum atomic E-state index is 13.3. The number of hydrogen-bond donors (Lipinski definition) is 1. The predicted octanol–water partition coefficient (Wildman–Crippen LogP) is 0.0111. The van der Waals surface area contributed by atoms with Crippen molar-refractivity contribution in [1.29, 1.82) is 0 Å². The molecule has 1 aromatic carbocycles. The van der Waals surface area contributed by atoms with Crippen LogP contribution in [-0.2, 0) is 9.59 Å². The fraction of sp³-hybridized carbons (Fsp3) is 0.579. The van der Waals surface area contributed by atoms with Gasteiger partial charge in [-0.1, -0.05) is 18.2 Å². The number of anilines is 1. The van der Waals surface area contributed by atoms with Crippen molar-refractivity contribution in [2.75, 3.05) is 44.3 Å². The number of likely N-dealkylation sites (tertiary alicyclic amines) is 1. The highest BCUT2D eigenvalue weighted by Crippen LogP contribution is 2.37. The summed E-state index contributed by atoms with van der Waals surface area (Å²) >= 11 is 0. The van der Waals surface area contributed by atoms with Crippen molar-refractivity contribution in [3.05, 3.63) is 30.3 Å². The monoisotopic (exact) mass is 343 g/mol. The molecule has 3 aliphatic heterocycles. The van der Waals surface area contributed by atoms with Crippen LogP contribution in [0.15, 0.2) is 30.3 Å². The van der Waals surface area contributed by atoms with Gasteiger partial charge in [0.15, 0.2) is 0 Å². The first-order valence-electron chi connectivity index (χ1n) is 9.42. The van der Waals surface area contributed by atoms with Gasteiger partial charge in [-0.3, -0.25) is 9.59 Å². The number of para-hydroxylation sites is 1. The van der Waals surface area contributed by atoms with Crippen molar-refractivity contribution in [2.24, 2.45) is 0 Å². The van der Waals surface area contributed by atoms with Crippen LogP contribution in [-0.4, -0.2) is 66.5 Å². The summed E-state index contributed by atoms with van der Waals surface area (Å²) in [6.07, 6.45) is 3.84. The predicted molar refractivity (Wildman–Crippen MR) is 94.9 cm³/mol. The summed E-state index contributed by atoms with van der Waals surface area (Å²) in [6, 6.07) is 10.2. The van der Waals surface area contributed by atoms with Crippen molar-refractivity contribution in [1.82, 2.24) is 9.80 Å².